The van der Waals surface area contributed by atoms with Crippen LogP contribution in [0.3, 0.4) is 0 Å². The molecule has 0 bridgehead atoms. The van der Waals surface area contributed by atoms with Gasteiger partial charge in [0.2, 0.25) is 0 Å². The maximum atomic E-state index is 14.1. The molecule has 1 aromatic heterocycles. The van der Waals surface area contributed by atoms with Crippen molar-refractivity contribution in [3.8, 4) is 5.75 Å². The highest BCUT2D eigenvalue weighted by atomic mass is 35.5. The molecule has 2 fully saturated rings. The number of carboxylic acid groups (broad SMARTS) is 1. The third-order valence-corrected chi connectivity index (χ3v) is 8.02. The van der Waals surface area contributed by atoms with E-state index in [0.29, 0.717) is 45.6 Å². The van der Waals surface area contributed by atoms with Gasteiger partial charge in [0.1, 0.15) is 11.6 Å². The molecule has 41 heavy (non-hydrogen) atoms. The maximum absolute atomic E-state index is 14.1. The molecular weight excluding hydrogens is 560 g/mol. The predicted molar refractivity (Wildman–Crippen MR) is 150 cm³/mol. The number of aromatic nitrogens is 2. The second-order valence-electron chi connectivity index (χ2n) is 11.2. The van der Waals surface area contributed by atoms with Crippen molar-refractivity contribution in [3.63, 3.8) is 0 Å². The summed E-state index contributed by atoms with van der Waals surface area (Å²) in [4.78, 5) is 30.4. The monoisotopic (exact) mass is 597 g/mol. The van der Waals surface area contributed by atoms with Crippen molar-refractivity contribution in [1.29, 1.82) is 0 Å². The lowest BCUT2D eigenvalue weighted by molar-refractivity contribution is -0.150. The first-order chi connectivity index (χ1) is 19.4. The van der Waals surface area contributed by atoms with Crippen molar-refractivity contribution in [2.45, 2.75) is 76.9 Å². The molecule has 3 heterocycles. The summed E-state index contributed by atoms with van der Waals surface area (Å²) in [6.07, 6.45) is 2.17. The number of carboxylic acids is 1. The van der Waals surface area contributed by atoms with E-state index in [4.69, 9.17) is 16.3 Å². The summed E-state index contributed by atoms with van der Waals surface area (Å²) in [5, 5.41) is 17.6. The first kappa shape index (κ1) is 31.1. The maximum Gasteiger partial charge on any atom is 0.387 e. The Kier molecular flexibility index (Phi) is 9.89. The summed E-state index contributed by atoms with van der Waals surface area (Å²) in [6.45, 7) is 7.00. The molecule has 0 unspecified atom stereocenters. The van der Waals surface area contributed by atoms with Crippen LogP contribution in [0.5, 0.6) is 5.75 Å². The molecule has 10 nitrogen and oxygen atoms in total. The highest BCUT2D eigenvalue weighted by Gasteiger charge is 2.46. The third kappa shape index (κ3) is 7.17. The number of ether oxygens (including phenoxy) is 2. The Labute approximate surface area is 243 Å². The fraction of sp³-hybridized carbons (Fsp3) is 0.607. The van der Waals surface area contributed by atoms with Gasteiger partial charge in [0.25, 0.3) is 5.91 Å². The summed E-state index contributed by atoms with van der Waals surface area (Å²) < 4.78 is 38.3. The first-order valence-electron chi connectivity index (χ1n) is 13.8. The lowest BCUT2D eigenvalue weighted by atomic mass is 9.85. The van der Waals surface area contributed by atoms with Crippen molar-refractivity contribution in [1.82, 2.24) is 19.6 Å². The Morgan fingerprint density at radius 2 is 1.85 bits per heavy atom. The topological polar surface area (TPSA) is 109 Å². The molecule has 2 N–H and O–H groups in total. The molecule has 2 aliphatic heterocycles. The number of carbonyl (C=O) groups excluding carboxylic acids is 1. The number of hydrogen-bond acceptors (Lipinski definition) is 7. The van der Waals surface area contributed by atoms with Gasteiger partial charge in [-0.1, -0.05) is 25.4 Å². The lowest BCUT2D eigenvalue weighted by Crippen LogP contribution is -2.59. The first-order valence-corrected chi connectivity index (χ1v) is 14.2. The Hall–Kier alpha value is -2.80. The predicted octanol–water partition coefficient (Wildman–Crippen LogP) is 4.25. The van der Waals surface area contributed by atoms with Gasteiger partial charge in [-0.2, -0.15) is 13.9 Å². The Balaban J connectivity index is 1.58. The number of nitrogens with zero attached hydrogens (tertiary/aromatic N) is 4. The number of halogens is 3. The van der Waals surface area contributed by atoms with Crippen LogP contribution in [0.25, 0.3) is 0 Å². The van der Waals surface area contributed by atoms with E-state index >= 15 is 0 Å². The Morgan fingerprint density at radius 1 is 1.20 bits per heavy atom. The second kappa shape index (κ2) is 13.0. The normalized spacial score (nSPS) is 22.6. The van der Waals surface area contributed by atoms with Crippen molar-refractivity contribution < 1.29 is 33.0 Å². The number of nitrogens with one attached hydrogen (secondary N) is 1. The molecule has 2 aromatic rings. The van der Waals surface area contributed by atoms with Crippen LogP contribution < -0.4 is 10.1 Å². The number of likely N-dealkylation sites (tertiary alicyclic amines) is 1. The number of hydrogen-bond donors (Lipinski definition) is 2. The molecule has 2 saturated heterocycles. The molecule has 1 aromatic carbocycles. The zero-order chi connectivity index (χ0) is 29.9. The molecular formula is C28H38ClF2N5O5. The van der Waals surface area contributed by atoms with Crippen LogP contribution in [-0.4, -0.2) is 94.1 Å². The fourth-order valence-electron chi connectivity index (χ4n) is 5.85. The van der Waals surface area contributed by atoms with E-state index in [1.54, 1.807) is 10.9 Å². The van der Waals surface area contributed by atoms with Gasteiger partial charge in [-0.15, -0.1) is 0 Å². The molecule has 0 saturated carbocycles. The molecule has 0 aliphatic carbocycles. The van der Waals surface area contributed by atoms with E-state index in [1.165, 1.54) is 18.2 Å². The molecule has 2 aliphatic rings. The zero-order valence-electron chi connectivity index (χ0n) is 23.7. The number of piperidine rings is 1. The zero-order valence-corrected chi connectivity index (χ0v) is 24.5. The van der Waals surface area contributed by atoms with Gasteiger partial charge in [-0.3, -0.25) is 19.2 Å². The standard InChI is InChI=1S/C28H38ClF2N5O5/c1-17(2)22-7-10-32-36(22)28(26(39)33-21-6-5-20(29)13-24(21)41-27(30)31)8-11-34(12-9-28)16-23(25(37)38)35-14-18(3)40-19(4)15-35/h5-7,10,13,17-19,23,27H,8-9,11-12,14-16H2,1-4H3,(H,33,39)(H,37,38)/t18-,19-,23-/m1/s1. The van der Waals surface area contributed by atoms with Gasteiger partial charge in [-0.05, 0) is 50.8 Å². The molecule has 13 heteroatoms. The third-order valence-electron chi connectivity index (χ3n) is 7.79. The average Bonchev–Trinajstić information content (AvgIpc) is 3.39. The summed E-state index contributed by atoms with van der Waals surface area (Å²) >= 11 is 5.99. The van der Waals surface area contributed by atoms with Crippen LogP contribution >= 0.6 is 11.6 Å². The van der Waals surface area contributed by atoms with E-state index in [1.807, 2.05) is 38.7 Å². The molecule has 1 amide bonds. The van der Waals surface area contributed by atoms with Gasteiger partial charge >= 0.3 is 12.6 Å². The van der Waals surface area contributed by atoms with Crippen molar-refractivity contribution in [2.24, 2.45) is 0 Å². The van der Waals surface area contributed by atoms with E-state index in [9.17, 15) is 23.5 Å². The minimum Gasteiger partial charge on any atom is -0.480 e. The van der Waals surface area contributed by atoms with Crippen LogP contribution in [0.15, 0.2) is 30.5 Å². The summed E-state index contributed by atoms with van der Waals surface area (Å²) in [6, 6.07) is 5.28. The number of rotatable bonds is 10. The van der Waals surface area contributed by atoms with Crippen LogP contribution in [0, 0.1) is 0 Å². The number of morpholine rings is 1. The molecule has 0 radical (unpaired) electrons. The minimum atomic E-state index is -3.10. The van der Waals surface area contributed by atoms with Crippen LogP contribution in [-0.2, 0) is 19.9 Å². The van der Waals surface area contributed by atoms with Crippen molar-refractivity contribution >= 4 is 29.2 Å². The van der Waals surface area contributed by atoms with Crippen LogP contribution in [0.4, 0.5) is 14.5 Å². The van der Waals surface area contributed by atoms with E-state index in [-0.39, 0.29) is 34.6 Å². The smallest absolute Gasteiger partial charge is 0.387 e. The van der Waals surface area contributed by atoms with Gasteiger partial charge in [-0.25, -0.2) is 0 Å². The van der Waals surface area contributed by atoms with Crippen LogP contribution in [0.2, 0.25) is 5.02 Å². The summed E-state index contributed by atoms with van der Waals surface area (Å²) in [5.41, 5.74) is -0.211. The molecule has 4 rings (SSSR count). The highest BCUT2D eigenvalue weighted by Crippen LogP contribution is 2.37. The van der Waals surface area contributed by atoms with Crippen molar-refractivity contribution in [3.05, 3.63) is 41.2 Å². The van der Waals surface area contributed by atoms with Gasteiger partial charge < -0.3 is 24.8 Å². The quantitative estimate of drug-likeness (QED) is 0.418. The lowest BCUT2D eigenvalue weighted by Gasteiger charge is -2.44. The SMILES string of the molecule is CC(C)c1ccnn1C1(C(=O)Nc2ccc(Cl)cc2OC(F)F)CCN(C[C@H](C(=O)O)N2C[C@@H](C)O[C@H](C)C2)CC1. The summed E-state index contributed by atoms with van der Waals surface area (Å²) in [7, 11) is 0. The molecule has 226 valence electrons. The molecule has 3 atom stereocenters. The van der Waals surface area contributed by atoms with Gasteiger partial charge in [0.15, 0.2) is 5.75 Å². The Morgan fingerprint density at radius 3 is 2.44 bits per heavy atom. The number of alkyl halides is 2. The number of amides is 1. The number of aliphatic carboxylic acids is 1. The average molecular weight is 598 g/mol. The van der Waals surface area contributed by atoms with Gasteiger partial charge in [0.05, 0.1) is 17.9 Å². The van der Waals surface area contributed by atoms with E-state index < -0.39 is 30.1 Å². The fourth-order valence-corrected chi connectivity index (χ4v) is 6.01. The van der Waals surface area contributed by atoms with E-state index in [2.05, 4.69) is 20.1 Å². The second-order valence-corrected chi connectivity index (χ2v) is 11.6. The number of benzene rings is 1. The number of anilines is 1. The van der Waals surface area contributed by atoms with Crippen LogP contribution in [0.1, 0.15) is 52.1 Å². The Bertz CT molecular complexity index is 1210. The summed E-state index contributed by atoms with van der Waals surface area (Å²) in [5.74, 6) is -1.49. The number of carbonyl (C=O) groups is 2. The highest BCUT2D eigenvalue weighted by molar-refractivity contribution is 6.30. The van der Waals surface area contributed by atoms with E-state index in [0.717, 1.165) is 5.69 Å². The minimum absolute atomic E-state index is 0.0650. The van der Waals surface area contributed by atoms with Crippen molar-refractivity contribution in [2.75, 3.05) is 38.0 Å². The molecule has 0 spiro atoms. The largest absolute Gasteiger partial charge is 0.480 e. The van der Waals surface area contributed by atoms with Gasteiger partial charge in [0, 0.05) is 55.7 Å².